The molecule has 0 saturated heterocycles. The van der Waals surface area contributed by atoms with Crippen LogP contribution in [0.2, 0.25) is 0 Å². The number of sulfone groups is 1. The van der Waals surface area contributed by atoms with Gasteiger partial charge in [0.1, 0.15) is 5.75 Å². The number of rotatable bonds is 4. The van der Waals surface area contributed by atoms with Crippen molar-refractivity contribution >= 4 is 9.84 Å². The molecule has 1 aromatic carbocycles. The minimum absolute atomic E-state index is 0.0326. The van der Waals surface area contributed by atoms with Crippen LogP contribution in [0.4, 0.5) is 0 Å². The lowest BCUT2D eigenvalue weighted by atomic mass is 10.0. The molecular weight excluding hydrogens is 224 g/mol. The quantitative estimate of drug-likeness (QED) is 0.812. The van der Waals surface area contributed by atoms with Crippen molar-refractivity contribution in [2.24, 2.45) is 0 Å². The third kappa shape index (κ3) is 3.23. The number of ether oxygens (including phenoxy) is 1. The second kappa shape index (κ2) is 4.87. The van der Waals surface area contributed by atoms with E-state index in [-0.39, 0.29) is 5.75 Å². The summed E-state index contributed by atoms with van der Waals surface area (Å²) in [6.07, 6.45) is 2.13. The molecule has 0 aliphatic heterocycles. The Labute approximate surface area is 97.4 Å². The maximum atomic E-state index is 11.3. The first-order valence-corrected chi connectivity index (χ1v) is 7.27. The van der Waals surface area contributed by atoms with Gasteiger partial charge in [0.2, 0.25) is 0 Å². The van der Waals surface area contributed by atoms with E-state index in [0.29, 0.717) is 5.75 Å². The van der Waals surface area contributed by atoms with Gasteiger partial charge in [-0.1, -0.05) is 19.1 Å². The van der Waals surface area contributed by atoms with Gasteiger partial charge < -0.3 is 4.74 Å². The molecule has 0 amide bonds. The fourth-order valence-electron chi connectivity index (χ4n) is 1.81. The molecule has 0 unspecified atom stereocenters. The van der Waals surface area contributed by atoms with Crippen molar-refractivity contribution < 1.29 is 13.2 Å². The Balaban J connectivity index is 3.28. The molecule has 0 fully saturated rings. The van der Waals surface area contributed by atoms with Gasteiger partial charge in [0.15, 0.2) is 9.84 Å². The highest BCUT2D eigenvalue weighted by molar-refractivity contribution is 7.89. The molecule has 16 heavy (non-hydrogen) atoms. The highest BCUT2D eigenvalue weighted by Gasteiger charge is 2.13. The lowest BCUT2D eigenvalue weighted by molar-refractivity contribution is 0.407. The minimum Gasteiger partial charge on any atom is -0.496 e. The summed E-state index contributed by atoms with van der Waals surface area (Å²) in [4.78, 5) is 0. The van der Waals surface area contributed by atoms with Gasteiger partial charge in [-0.3, -0.25) is 0 Å². The number of hydrogen-bond acceptors (Lipinski definition) is 3. The summed E-state index contributed by atoms with van der Waals surface area (Å²) in [5.74, 6) is 0.716. The summed E-state index contributed by atoms with van der Waals surface area (Å²) >= 11 is 0. The van der Waals surface area contributed by atoms with Gasteiger partial charge in [-0.05, 0) is 24.5 Å². The molecule has 0 aromatic heterocycles. The molecule has 3 nitrogen and oxygen atoms in total. The monoisotopic (exact) mass is 242 g/mol. The van der Waals surface area contributed by atoms with E-state index in [1.54, 1.807) is 7.11 Å². The standard InChI is InChI=1S/C12H18O3S/c1-5-10-6-9(2)12(15-3)11(7-10)8-16(4,13)14/h6-7H,5,8H2,1-4H3. The summed E-state index contributed by atoms with van der Waals surface area (Å²) in [7, 11) is -1.46. The molecule has 0 heterocycles. The fourth-order valence-corrected chi connectivity index (χ4v) is 2.59. The first-order chi connectivity index (χ1) is 7.37. The van der Waals surface area contributed by atoms with Crippen molar-refractivity contribution in [1.29, 1.82) is 0 Å². The zero-order valence-electron chi connectivity index (χ0n) is 10.2. The van der Waals surface area contributed by atoms with Crippen LogP contribution in [0, 0.1) is 6.92 Å². The third-order valence-corrected chi connectivity index (χ3v) is 3.28. The van der Waals surface area contributed by atoms with Crippen LogP contribution < -0.4 is 4.74 Å². The Morgan fingerprint density at radius 3 is 2.38 bits per heavy atom. The SMILES string of the molecule is CCc1cc(C)c(OC)c(CS(C)(=O)=O)c1. The van der Waals surface area contributed by atoms with Crippen LogP contribution in [0.5, 0.6) is 5.75 Å². The summed E-state index contributed by atoms with van der Waals surface area (Å²) < 4.78 is 27.9. The van der Waals surface area contributed by atoms with Crippen LogP contribution >= 0.6 is 0 Å². The molecular formula is C12H18O3S. The van der Waals surface area contributed by atoms with Crippen LogP contribution in [-0.4, -0.2) is 21.8 Å². The fraction of sp³-hybridized carbons (Fsp3) is 0.500. The molecule has 0 N–H and O–H groups in total. The van der Waals surface area contributed by atoms with Crippen molar-refractivity contribution in [3.05, 3.63) is 28.8 Å². The number of aryl methyl sites for hydroxylation is 2. The topological polar surface area (TPSA) is 43.4 Å². The molecule has 4 heteroatoms. The van der Waals surface area contributed by atoms with Crippen molar-refractivity contribution in [3.63, 3.8) is 0 Å². The first-order valence-electron chi connectivity index (χ1n) is 5.21. The lowest BCUT2D eigenvalue weighted by Gasteiger charge is -2.12. The summed E-state index contributed by atoms with van der Waals surface area (Å²) in [6, 6.07) is 3.94. The maximum Gasteiger partial charge on any atom is 0.151 e. The molecule has 0 atom stereocenters. The van der Waals surface area contributed by atoms with E-state index >= 15 is 0 Å². The summed E-state index contributed by atoms with van der Waals surface area (Å²) in [5.41, 5.74) is 2.87. The van der Waals surface area contributed by atoms with Crippen molar-refractivity contribution in [1.82, 2.24) is 0 Å². The predicted molar refractivity (Wildman–Crippen MR) is 65.7 cm³/mol. The van der Waals surface area contributed by atoms with Gasteiger partial charge in [0.25, 0.3) is 0 Å². The molecule has 0 saturated carbocycles. The van der Waals surface area contributed by atoms with Gasteiger partial charge in [-0.2, -0.15) is 0 Å². The van der Waals surface area contributed by atoms with Crippen molar-refractivity contribution in [2.45, 2.75) is 26.0 Å². The lowest BCUT2D eigenvalue weighted by Crippen LogP contribution is -2.04. The summed E-state index contributed by atoms with van der Waals surface area (Å²) in [5, 5.41) is 0. The molecule has 1 aromatic rings. The predicted octanol–water partition coefficient (Wildman–Crippen LogP) is 2.11. The Kier molecular flexibility index (Phi) is 3.97. The van der Waals surface area contributed by atoms with E-state index in [2.05, 4.69) is 0 Å². The van der Waals surface area contributed by atoms with Crippen LogP contribution in [0.25, 0.3) is 0 Å². The smallest absolute Gasteiger partial charge is 0.151 e. The molecule has 0 aliphatic carbocycles. The highest BCUT2D eigenvalue weighted by atomic mass is 32.2. The number of methoxy groups -OCH3 is 1. The first kappa shape index (κ1) is 13.0. The zero-order valence-corrected chi connectivity index (χ0v) is 11.0. The molecule has 0 bridgehead atoms. The van der Waals surface area contributed by atoms with E-state index in [0.717, 1.165) is 23.1 Å². The summed E-state index contributed by atoms with van der Waals surface area (Å²) in [6.45, 7) is 3.98. The normalized spacial score (nSPS) is 11.5. The van der Waals surface area contributed by atoms with E-state index in [1.807, 2.05) is 26.0 Å². The Hall–Kier alpha value is -1.03. The Morgan fingerprint density at radius 2 is 1.94 bits per heavy atom. The number of benzene rings is 1. The van der Waals surface area contributed by atoms with Gasteiger partial charge in [0.05, 0.1) is 12.9 Å². The van der Waals surface area contributed by atoms with E-state index in [4.69, 9.17) is 4.74 Å². The van der Waals surface area contributed by atoms with Crippen LogP contribution in [0.3, 0.4) is 0 Å². The molecule has 90 valence electrons. The maximum absolute atomic E-state index is 11.3. The average molecular weight is 242 g/mol. The largest absolute Gasteiger partial charge is 0.496 e. The van der Waals surface area contributed by atoms with Gasteiger partial charge in [-0.15, -0.1) is 0 Å². The Morgan fingerprint density at radius 1 is 1.31 bits per heavy atom. The molecule has 0 radical (unpaired) electrons. The van der Waals surface area contributed by atoms with Gasteiger partial charge >= 0.3 is 0 Å². The highest BCUT2D eigenvalue weighted by Crippen LogP contribution is 2.27. The van der Waals surface area contributed by atoms with Crippen molar-refractivity contribution in [3.8, 4) is 5.75 Å². The molecule has 1 rings (SSSR count). The van der Waals surface area contributed by atoms with Crippen LogP contribution in [0.15, 0.2) is 12.1 Å². The molecule has 0 spiro atoms. The van der Waals surface area contributed by atoms with Crippen LogP contribution in [-0.2, 0) is 22.0 Å². The second-order valence-corrected chi connectivity index (χ2v) is 6.17. The second-order valence-electron chi connectivity index (χ2n) is 4.03. The number of hydrogen-bond donors (Lipinski definition) is 0. The van der Waals surface area contributed by atoms with E-state index in [9.17, 15) is 8.42 Å². The van der Waals surface area contributed by atoms with Crippen LogP contribution in [0.1, 0.15) is 23.6 Å². The third-order valence-electron chi connectivity index (χ3n) is 2.44. The van der Waals surface area contributed by atoms with E-state index in [1.165, 1.54) is 6.26 Å². The van der Waals surface area contributed by atoms with Gasteiger partial charge in [0, 0.05) is 11.8 Å². The zero-order chi connectivity index (χ0) is 12.3. The van der Waals surface area contributed by atoms with Crippen molar-refractivity contribution in [2.75, 3.05) is 13.4 Å². The van der Waals surface area contributed by atoms with E-state index < -0.39 is 9.84 Å². The minimum atomic E-state index is -3.03. The Bertz CT molecular complexity index is 475. The van der Waals surface area contributed by atoms with Gasteiger partial charge in [-0.25, -0.2) is 8.42 Å². The average Bonchev–Trinajstić information content (AvgIpc) is 2.14. The molecule has 0 aliphatic rings.